The first-order chi connectivity index (χ1) is 7.15. The molecule has 0 aliphatic heterocycles. The van der Waals surface area contributed by atoms with Crippen molar-refractivity contribution >= 4 is 29.3 Å². The second kappa shape index (κ2) is 6.19. The second-order valence-electron chi connectivity index (χ2n) is 3.06. The van der Waals surface area contributed by atoms with Gasteiger partial charge >= 0.3 is 0 Å². The van der Waals surface area contributed by atoms with E-state index >= 15 is 0 Å². The molecule has 1 rings (SSSR count). The normalized spacial score (nSPS) is 12.7. The summed E-state index contributed by atoms with van der Waals surface area (Å²) in [5.41, 5.74) is 5.66. The van der Waals surface area contributed by atoms with Crippen LogP contribution in [-0.2, 0) is 0 Å². The monoisotopic (exact) mass is 245 g/mol. The van der Waals surface area contributed by atoms with Crippen LogP contribution in [0.3, 0.4) is 0 Å². The largest absolute Gasteiger partial charge is 0.396 e. The predicted octanol–water partition coefficient (Wildman–Crippen LogP) is 1.64. The van der Waals surface area contributed by atoms with Crippen LogP contribution in [0.1, 0.15) is 13.3 Å². The standard InChI is InChI=1S/C9H15N3OS2/c1-6(3-4-13)15-8-5-7(10)11-9(12-8)14-2/h5-6,13H,3-4H2,1-2H3,(H2,10,11,12). The van der Waals surface area contributed by atoms with E-state index in [0.717, 1.165) is 11.4 Å². The summed E-state index contributed by atoms with van der Waals surface area (Å²) in [5.74, 6) is 0.494. The predicted molar refractivity (Wildman–Crippen MR) is 65.2 cm³/mol. The zero-order valence-electron chi connectivity index (χ0n) is 8.80. The fourth-order valence-electron chi connectivity index (χ4n) is 1.02. The van der Waals surface area contributed by atoms with Crippen LogP contribution in [-0.4, -0.2) is 33.2 Å². The summed E-state index contributed by atoms with van der Waals surface area (Å²) in [5, 5.41) is 10.7. The van der Waals surface area contributed by atoms with Crippen LogP contribution in [0.5, 0.6) is 0 Å². The Morgan fingerprint density at radius 2 is 2.27 bits per heavy atom. The van der Waals surface area contributed by atoms with Crippen LogP contribution in [0.25, 0.3) is 0 Å². The Morgan fingerprint density at radius 3 is 2.87 bits per heavy atom. The topological polar surface area (TPSA) is 72.0 Å². The number of hydrogen-bond acceptors (Lipinski definition) is 6. The molecule has 3 N–H and O–H groups in total. The minimum atomic E-state index is 0.199. The molecule has 0 aliphatic rings. The summed E-state index contributed by atoms with van der Waals surface area (Å²) in [6.07, 6.45) is 2.67. The van der Waals surface area contributed by atoms with Crippen LogP contribution < -0.4 is 5.73 Å². The molecule has 0 spiro atoms. The second-order valence-corrected chi connectivity index (χ2v) is 5.29. The van der Waals surface area contributed by atoms with Gasteiger partial charge in [-0.25, -0.2) is 9.97 Å². The molecule has 1 unspecified atom stereocenters. The van der Waals surface area contributed by atoms with Gasteiger partial charge in [-0.1, -0.05) is 18.7 Å². The van der Waals surface area contributed by atoms with E-state index in [1.54, 1.807) is 17.8 Å². The molecule has 0 amide bonds. The third-order valence-corrected chi connectivity index (χ3v) is 3.38. The highest BCUT2D eigenvalue weighted by atomic mass is 32.2. The molecule has 0 saturated heterocycles. The van der Waals surface area contributed by atoms with Gasteiger partial charge in [0.05, 0.1) is 0 Å². The maximum atomic E-state index is 8.80. The number of aromatic nitrogens is 2. The molecule has 1 aromatic rings. The van der Waals surface area contributed by atoms with Crippen molar-refractivity contribution in [3.8, 4) is 0 Å². The number of rotatable bonds is 5. The van der Waals surface area contributed by atoms with Crippen LogP contribution in [0.2, 0.25) is 0 Å². The van der Waals surface area contributed by atoms with E-state index in [9.17, 15) is 0 Å². The summed E-state index contributed by atoms with van der Waals surface area (Å²) in [4.78, 5) is 8.40. The van der Waals surface area contributed by atoms with Crippen LogP contribution >= 0.6 is 23.5 Å². The SMILES string of the molecule is CSc1nc(N)cc(SC(C)CCO)n1. The molecular weight excluding hydrogens is 230 g/mol. The Labute approximate surface area is 98.1 Å². The average Bonchev–Trinajstić information content (AvgIpc) is 2.17. The Morgan fingerprint density at radius 1 is 1.53 bits per heavy atom. The summed E-state index contributed by atoms with van der Waals surface area (Å²) in [6, 6.07) is 1.76. The molecule has 0 radical (unpaired) electrons. The summed E-state index contributed by atoms with van der Waals surface area (Å²) >= 11 is 3.08. The van der Waals surface area contributed by atoms with Crippen LogP contribution in [0.4, 0.5) is 5.82 Å². The molecule has 1 aromatic heterocycles. The lowest BCUT2D eigenvalue weighted by molar-refractivity contribution is 0.289. The Bertz CT molecular complexity index is 322. The van der Waals surface area contributed by atoms with Gasteiger partial charge in [0.15, 0.2) is 5.16 Å². The van der Waals surface area contributed by atoms with Crippen LogP contribution in [0, 0.1) is 0 Å². The maximum Gasteiger partial charge on any atom is 0.190 e. The van der Waals surface area contributed by atoms with E-state index < -0.39 is 0 Å². The lowest BCUT2D eigenvalue weighted by Crippen LogP contribution is -2.02. The highest BCUT2D eigenvalue weighted by molar-refractivity contribution is 8.00. The number of aliphatic hydroxyl groups is 1. The number of nitrogens with two attached hydrogens (primary N) is 1. The van der Waals surface area contributed by atoms with Gasteiger partial charge in [0.2, 0.25) is 0 Å². The Kier molecular flexibility index (Phi) is 5.21. The minimum Gasteiger partial charge on any atom is -0.396 e. The van der Waals surface area contributed by atoms with Crippen molar-refractivity contribution < 1.29 is 5.11 Å². The molecule has 0 fully saturated rings. The molecule has 1 atom stereocenters. The van der Waals surface area contributed by atoms with Gasteiger partial charge < -0.3 is 10.8 Å². The van der Waals surface area contributed by atoms with Crippen molar-refractivity contribution in [3.63, 3.8) is 0 Å². The maximum absolute atomic E-state index is 8.80. The number of anilines is 1. The van der Waals surface area contributed by atoms with E-state index in [4.69, 9.17) is 10.8 Å². The first kappa shape index (κ1) is 12.6. The molecule has 0 saturated carbocycles. The molecule has 0 aliphatic carbocycles. The molecule has 84 valence electrons. The molecule has 6 heteroatoms. The number of aliphatic hydroxyl groups excluding tert-OH is 1. The Hall–Kier alpha value is -0.460. The van der Waals surface area contributed by atoms with Crippen molar-refractivity contribution in [3.05, 3.63) is 6.07 Å². The average molecular weight is 245 g/mol. The van der Waals surface area contributed by atoms with Gasteiger partial charge in [-0.15, -0.1) is 11.8 Å². The van der Waals surface area contributed by atoms with E-state index in [0.29, 0.717) is 16.2 Å². The molecule has 4 nitrogen and oxygen atoms in total. The van der Waals surface area contributed by atoms with Gasteiger partial charge in [-0.3, -0.25) is 0 Å². The van der Waals surface area contributed by atoms with E-state index in [1.165, 1.54) is 11.8 Å². The molecule has 0 aromatic carbocycles. The summed E-state index contributed by atoms with van der Waals surface area (Å²) in [6.45, 7) is 2.25. The van der Waals surface area contributed by atoms with Crippen molar-refractivity contribution in [1.29, 1.82) is 0 Å². The third kappa shape index (κ3) is 4.27. The number of nitrogens with zero attached hydrogens (tertiary/aromatic N) is 2. The number of hydrogen-bond donors (Lipinski definition) is 2. The van der Waals surface area contributed by atoms with Gasteiger partial charge in [-0.05, 0) is 12.7 Å². The highest BCUT2D eigenvalue weighted by Gasteiger charge is 2.07. The van der Waals surface area contributed by atoms with Gasteiger partial charge in [-0.2, -0.15) is 0 Å². The smallest absolute Gasteiger partial charge is 0.190 e. The summed E-state index contributed by atoms with van der Waals surface area (Å²) in [7, 11) is 0. The Balaban J connectivity index is 2.71. The fraction of sp³-hybridized carbons (Fsp3) is 0.556. The minimum absolute atomic E-state index is 0.199. The van der Waals surface area contributed by atoms with Gasteiger partial charge in [0.25, 0.3) is 0 Å². The summed E-state index contributed by atoms with van der Waals surface area (Å²) < 4.78 is 0. The number of thioether (sulfide) groups is 2. The lowest BCUT2D eigenvalue weighted by Gasteiger charge is -2.09. The van der Waals surface area contributed by atoms with Crippen molar-refractivity contribution in [1.82, 2.24) is 9.97 Å². The first-order valence-corrected chi connectivity index (χ1v) is 6.72. The van der Waals surface area contributed by atoms with Gasteiger partial charge in [0, 0.05) is 17.9 Å². The van der Waals surface area contributed by atoms with Crippen molar-refractivity contribution in [2.24, 2.45) is 0 Å². The van der Waals surface area contributed by atoms with Crippen molar-refractivity contribution in [2.45, 2.75) is 28.8 Å². The third-order valence-electron chi connectivity index (χ3n) is 1.74. The fourth-order valence-corrected chi connectivity index (χ4v) is 2.43. The lowest BCUT2D eigenvalue weighted by atomic mass is 10.3. The van der Waals surface area contributed by atoms with Gasteiger partial charge in [0.1, 0.15) is 10.8 Å². The zero-order chi connectivity index (χ0) is 11.3. The van der Waals surface area contributed by atoms with Crippen LogP contribution in [0.15, 0.2) is 16.2 Å². The quantitative estimate of drug-likeness (QED) is 0.467. The van der Waals surface area contributed by atoms with E-state index in [-0.39, 0.29) is 6.61 Å². The van der Waals surface area contributed by atoms with E-state index in [2.05, 4.69) is 16.9 Å². The number of nitrogen functional groups attached to an aromatic ring is 1. The first-order valence-electron chi connectivity index (χ1n) is 4.61. The molecule has 15 heavy (non-hydrogen) atoms. The molecule has 1 heterocycles. The highest BCUT2D eigenvalue weighted by Crippen LogP contribution is 2.25. The zero-order valence-corrected chi connectivity index (χ0v) is 10.4. The van der Waals surface area contributed by atoms with Crippen molar-refractivity contribution in [2.75, 3.05) is 18.6 Å². The van der Waals surface area contributed by atoms with E-state index in [1.807, 2.05) is 6.26 Å². The molecule has 0 bridgehead atoms. The molecular formula is C9H15N3OS2.